The Kier molecular flexibility index (Phi) is 4.91. The molecule has 0 aliphatic rings. The van der Waals surface area contributed by atoms with Crippen LogP contribution in [-0.4, -0.2) is 17.6 Å². The molecule has 0 aromatic heterocycles. The van der Waals surface area contributed by atoms with Crippen LogP contribution < -0.4 is 4.74 Å². The smallest absolute Gasteiger partial charge is 0.420 e. The lowest BCUT2D eigenvalue weighted by atomic mass is 10.1. The van der Waals surface area contributed by atoms with Crippen LogP contribution in [0.2, 0.25) is 0 Å². The van der Waals surface area contributed by atoms with Crippen LogP contribution in [0.15, 0.2) is 18.2 Å². The van der Waals surface area contributed by atoms with Gasteiger partial charge in [0, 0.05) is 0 Å². The van der Waals surface area contributed by atoms with Crippen molar-refractivity contribution in [2.24, 2.45) is 0 Å². The van der Waals surface area contributed by atoms with Crippen LogP contribution in [0.3, 0.4) is 0 Å². The summed E-state index contributed by atoms with van der Waals surface area (Å²) in [6, 6.07) is 3.88. The lowest BCUT2D eigenvalue weighted by molar-refractivity contribution is -0.140. The van der Waals surface area contributed by atoms with Gasteiger partial charge in [0.05, 0.1) is 17.2 Å². The van der Waals surface area contributed by atoms with Crippen LogP contribution >= 0.6 is 15.9 Å². The SMILES string of the molecule is N#Cc1ccc(OCC(Br)C(F)(F)F)c(C(F)(F)F)c1. The number of rotatable bonds is 3. The second-order valence-electron chi connectivity index (χ2n) is 3.64. The Labute approximate surface area is 118 Å². The van der Waals surface area contributed by atoms with Crippen molar-refractivity contribution in [3.8, 4) is 11.8 Å². The molecular formula is C11H6BrF6NO. The van der Waals surface area contributed by atoms with Crippen LogP contribution in [0.5, 0.6) is 5.75 Å². The lowest BCUT2D eigenvalue weighted by Gasteiger charge is -2.17. The van der Waals surface area contributed by atoms with Crippen molar-refractivity contribution >= 4 is 15.9 Å². The van der Waals surface area contributed by atoms with Crippen LogP contribution in [-0.2, 0) is 6.18 Å². The van der Waals surface area contributed by atoms with Gasteiger partial charge in [0.15, 0.2) is 0 Å². The van der Waals surface area contributed by atoms with Gasteiger partial charge in [-0.1, -0.05) is 15.9 Å². The molecule has 0 bridgehead atoms. The molecule has 2 nitrogen and oxygen atoms in total. The highest BCUT2D eigenvalue weighted by atomic mass is 79.9. The van der Waals surface area contributed by atoms with E-state index in [1.807, 2.05) is 0 Å². The molecule has 0 saturated carbocycles. The molecule has 0 N–H and O–H groups in total. The minimum Gasteiger partial charge on any atom is -0.491 e. The third-order valence-corrected chi connectivity index (χ3v) is 2.94. The number of ether oxygens (including phenoxy) is 1. The maximum absolute atomic E-state index is 12.7. The van der Waals surface area contributed by atoms with Crippen molar-refractivity contribution in [3.05, 3.63) is 29.3 Å². The van der Waals surface area contributed by atoms with Gasteiger partial charge in [-0.3, -0.25) is 0 Å². The highest BCUT2D eigenvalue weighted by Crippen LogP contribution is 2.37. The van der Waals surface area contributed by atoms with Gasteiger partial charge in [0.1, 0.15) is 17.2 Å². The number of alkyl halides is 7. The molecule has 1 atom stereocenters. The van der Waals surface area contributed by atoms with Gasteiger partial charge in [-0.25, -0.2) is 0 Å². The third kappa shape index (κ3) is 4.30. The zero-order valence-electron chi connectivity index (χ0n) is 9.52. The summed E-state index contributed by atoms with van der Waals surface area (Å²) in [5.41, 5.74) is -1.56. The van der Waals surface area contributed by atoms with E-state index in [4.69, 9.17) is 5.26 Å². The molecule has 1 aromatic rings. The minimum absolute atomic E-state index is 0.268. The minimum atomic E-state index is -4.83. The van der Waals surface area contributed by atoms with Gasteiger partial charge >= 0.3 is 12.4 Å². The fourth-order valence-corrected chi connectivity index (χ4v) is 1.34. The summed E-state index contributed by atoms with van der Waals surface area (Å²) in [6.07, 6.45) is -9.47. The summed E-state index contributed by atoms with van der Waals surface area (Å²) in [6.45, 7) is -1.02. The van der Waals surface area contributed by atoms with Crippen molar-refractivity contribution in [1.82, 2.24) is 0 Å². The summed E-state index contributed by atoms with van der Waals surface area (Å²) >= 11 is 2.28. The maximum atomic E-state index is 12.7. The van der Waals surface area contributed by atoms with Gasteiger partial charge in [-0.2, -0.15) is 31.6 Å². The molecule has 20 heavy (non-hydrogen) atoms. The van der Waals surface area contributed by atoms with E-state index in [0.29, 0.717) is 6.07 Å². The lowest BCUT2D eigenvalue weighted by Crippen LogP contribution is -2.29. The molecule has 1 aromatic carbocycles. The second kappa shape index (κ2) is 5.91. The van der Waals surface area contributed by atoms with E-state index in [1.165, 1.54) is 6.07 Å². The summed E-state index contributed by atoms with van der Waals surface area (Å²) in [5, 5.41) is 8.53. The highest BCUT2D eigenvalue weighted by Gasteiger charge is 2.39. The standard InChI is InChI=1S/C11H6BrF6NO/c12-9(11(16,17)18)5-20-8-2-1-6(4-19)3-7(8)10(13,14)15/h1-3,9H,5H2. The first kappa shape index (κ1) is 16.6. The third-order valence-electron chi connectivity index (χ3n) is 2.15. The van der Waals surface area contributed by atoms with Crippen molar-refractivity contribution in [2.75, 3.05) is 6.61 Å². The van der Waals surface area contributed by atoms with Gasteiger partial charge < -0.3 is 4.74 Å². The topological polar surface area (TPSA) is 33.0 Å². The number of hydrogen-bond donors (Lipinski definition) is 0. The normalized spacial score (nSPS) is 13.7. The maximum Gasteiger partial charge on any atom is 0.420 e. The Balaban J connectivity index is 2.99. The van der Waals surface area contributed by atoms with Gasteiger partial charge in [-0.05, 0) is 18.2 Å². The first-order valence-electron chi connectivity index (χ1n) is 5.00. The number of halogens is 7. The number of hydrogen-bond acceptors (Lipinski definition) is 2. The highest BCUT2D eigenvalue weighted by molar-refractivity contribution is 9.09. The average molecular weight is 362 g/mol. The molecule has 1 rings (SSSR count). The Bertz CT molecular complexity index is 519. The molecule has 0 aliphatic carbocycles. The van der Waals surface area contributed by atoms with Crippen molar-refractivity contribution in [1.29, 1.82) is 5.26 Å². The molecule has 0 fully saturated rings. The summed E-state index contributed by atoms with van der Waals surface area (Å²) in [7, 11) is 0. The van der Waals surface area contributed by atoms with Gasteiger partial charge in [-0.15, -0.1) is 0 Å². The number of nitrogens with zero attached hydrogens (tertiary/aromatic N) is 1. The van der Waals surface area contributed by atoms with Crippen LogP contribution in [0, 0.1) is 11.3 Å². The zero-order chi connectivity index (χ0) is 15.6. The molecular weight excluding hydrogens is 356 g/mol. The first-order chi connectivity index (χ1) is 9.05. The van der Waals surface area contributed by atoms with Crippen molar-refractivity contribution in [2.45, 2.75) is 17.2 Å². The molecule has 0 aliphatic heterocycles. The van der Waals surface area contributed by atoms with E-state index < -0.39 is 35.1 Å². The van der Waals surface area contributed by atoms with E-state index in [1.54, 1.807) is 0 Å². The molecule has 110 valence electrons. The molecule has 0 heterocycles. The largest absolute Gasteiger partial charge is 0.491 e. The quantitative estimate of drug-likeness (QED) is 0.594. The molecule has 0 radical (unpaired) electrons. The van der Waals surface area contributed by atoms with Crippen LogP contribution in [0.4, 0.5) is 26.3 Å². The van der Waals surface area contributed by atoms with Crippen LogP contribution in [0.1, 0.15) is 11.1 Å². The first-order valence-corrected chi connectivity index (χ1v) is 5.92. The van der Waals surface area contributed by atoms with Crippen molar-refractivity contribution in [3.63, 3.8) is 0 Å². The Morgan fingerprint density at radius 3 is 2.25 bits per heavy atom. The fraction of sp³-hybridized carbons (Fsp3) is 0.364. The second-order valence-corrected chi connectivity index (χ2v) is 4.75. The van der Waals surface area contributed by atoms with E-state index >= 15 is 0 Å². The predicted octanol–water partition coefficient (Wildman–Crippen LogP) is 4.28. The molecule has 0 spiro atoms. The molecule has 0 saturated heterocycles. The zero-order valence-corrected chi connectivity index (χ0v) is 11.1. The van der Waals surface area contributed by atoms with Crippen molar-refractivity contribution < 1.29 is 31.1 Å². The average Bonchev–Trinajstić information content (AvgIpc) is 2.33. The number of benzene rings is 1. The number of nitriles is 1. The van der Waals surface area contributed by atoms with Crippen LogP contribution in [0.25, 0.3) is 0 Å². The predicted molar refractivity (Wildman–Crippen MR) is 60.4 cm³/mol. The molecule has 0 amide bonds. The molecule has 1 unspecified atom stereocenters. The van der Waals surface area contributed by atoms with E-state index in [-0.39, 0.29) is 5.56 Å². The monoisotopic (exact) mass is 361 g/mol. The summed E-state index contributed by atoms with van der Waals surface area (Å²) in [5.74, 6) is -0.759. The van der Waals surface area contributed by atoms with E-state index in [9.17, 15) is 26.3 Å². The molecule has 9 heteroatoms. The Morgan fingerprint density at radius 1 is 1.20 bits per heavy atom. The Hall–Kier alpha value is -1.43. The Morgan fingerprint density at radius 2 is 1.80 bits per heavy atom. The summed E-state index contributed by atoms with van der Waals surface area (Å²) in [4.78, 5) is -2.09. The fourth-order valence-electron chi connectivity index (χ4n) is 1.20. The van der Waals surface area contributed by atoms with E-state index in [0.717, 1.165) is 12.1 Å². The van der Waals surface area contributed by atoms with Gasteiger partial charge in [0.2, 0.25) is 0 Å². The van der Waals surface area contributed by atoms with Gasteiger partial charge in [0.25, 0.3) is 0 Å². The summed E-state index contributed by atoms with van der Waals surface area (Å²) < 4.78 is 79.3. The van der Waals surface area contributed by atoms with E-state index in [2.05, 4.69) is 20.7 Å².